The molecule has 0 radical (unpaired) electrons. The minimum Gasteiger partial charge on any atom is -0.490 e. The van der Waals surface area contributed by atoms with Crippen molar-refractivity contribution in [2.75, 3.05) is 63.5 Å². The second kappa shape index (κ2) is 50.1. The monoisotopic (exact) mass is 1840 g/mol. The molecule has 45 heteroatoms. The number of carboxylic acids is 2. The van der Waals surface area contributed by atoms with Crippen LogP contribution in [0.4, 0.5) is 14.4 Å². The number of carbonyl (C=O) groups is 14. The van der Waals surface area contributed by atoms with E-state index in [0.717, 1.165) is 16.5 Å². The molecule has 23 atom stereocenters. The van der Waals surface area contributed by atoms with E-state index in [4.69, 9.17) is 29.8 Å². The summed E-state index contributed by atoms with van der Waals surface area (Å²) in [5.41, 5.74) is 3.04. The van der Waals surface area contributed by atoms with E-state index in [1.54, 1.807) is 146 Å². The molecular formula is C85H142N20O25. The largest absolute Gasteiger partial charge is 0.490 e. The number of amides is 14. The van der Waals surface area contributed by atoms with Crippen molar-refractivity contribution in [1.29, 1.82) is 0 Å². The van der Waals surface area contributed by atoms with Gasteiger partial charge in [0.25, 0.3) is 0 Å². The molecule has 732 valence electrons. The molecule has 130 heavy (non-hydrogen) atoms. The van der Waals surface area contributed by atoms with Gasteiger partial charge in [-0.3, -0.25) is 43.2 Å². The lowest BCUT2D eigenvalue weighted by atomic mass is 9.99. The fourth-order valence-corrected chi connectivity index (χ4v) is 12.3. The van der Waals surface area contributed by atoms with Gasteiger partial charge in [0.15, 0.2) is 0 Å². The van der Waals surface area contributed by atoms with E-state index in [2.05, 4.69) is 84.2 Å². The number of nitrogens with one attached hydrogen (secondary N) is 15. The summed E-state index contributed by atoms with van der Waals surface area (Å²) in [6, 6.07) is -7.25. The summed E-state index contributed by atoms with van der Waals surface area (Å²) >= 11 is 0. The number of ether oxygens (including phenoxy) is 5. The SMILES string of the molecule is CC(N)C(=O)NC(C(=O)N/C=C1/CC(C)(O)[C@H](C)O1)C(C)N(C)C.CC(NC(=O)NC(C)C(=O)NC(C(=O)N/C=C1/CC(C)(O)[C@H](C)O1)C(C)N(C)C)C(=O)O.CC(NC(=O)NC(Cc1c[nH]c2ccccc12)C(=O)O)C(=O)NC(C(=O)N/C=C1/CC(C)(O)[C@H](C)O1)C(C)N(C)C.COC(=O)C(C)NC(=O)NC(C)C(=O)NC(C(=O)N/C=C1/CC(C)(O)[C@H](C)O1)C(C)N(C)C. The Kier molecular flexibility index (Phi) is 43.4. The molecule has 0 aliphatic carbocycles. The summed E-state index contributed by atoms with van der Waals surface area (Å²) in [5.74, 6) is -5.48. The van der Waals surface area contributed by atoms with Gasteiger partial charge in [0, 0.05) is 98.2 Å². The van der Waals surface area contributed by atoms with Crippen molar-refractivity contribution < 1.29 is 121 Å². The second-order valence-corrected chi connectivity index (χ2v) is 35.0. The average Bonchev–Trinajstić information content (AvgIpc) is 1.67. The lowest BCUT2D eigenvalue weighted by Crippen LogP contribution is -2.59. The van der Waals surface area contributed by atoms with Crippen molar-refractivity contribution in [1.82, 2.24) is 99.0 Å². The minimum absolute atomic E-state index is 0.0311. The summed E-state index contributed by atoms with van der Waals surface area (Å²) in [7, 11) is 15.4. The number of fused-ring (bicyclic) bond motifs is 1. The number of methoxy groups -OCH3 is 1. The number of rotatable bonds is 35. The third-order valence-electron chi connectivity index (χ3n) is 22.9. The highest BCUT2D eigenvalue weighted by Crippen LogP contribution is 2.35. The summed E-state index contributed by atoms with van der Waals surface area (Å²) in [5, 5.41) is 95.4. The number of hydrogen-bond acceptors (Lipinski definition) is 28. The Hall–Kier alpha value is -11.5. The Morgan fingerprint density at radius 2 is 0.685 bits per heavy atom. The van der Waals surface area contributed by atoms with Gasteiger partial charge in [0.1, 0.15) is 130 Å². The number of carboxylic acid groups (broad SMARTS) is 2. The number of aromatic nitrogens is 1. The van der Waals surface area contributed by atoms with Crippen molar-refractivity contribution in [2.24, 2.45) is 5.73 Å². The van der Waals surface area contributed by atoms with Crippen LogP contribution in [0.2, 0.25) is 0 Å². The van der Waals surface area contributed by atoms with Gasteiger partial charge in [-0.2, -0.15) is 0 Å². The van der Waals surface area contributed by atoms with Crippen molar-refractivity contribution in [3.05, 3.63) is 83.9 Å². The van der Waals surface area contributed by atoms with Crippen LogP contribution >= 0.6 is 0 Å². The van der Waals surface area contributed by atoms with E-state index in [9.17, 15) is 92.7 Å². The van der Waals surface area contributed by atoms with Crippen molar-refractivity contribution in [2.45, 2.75) is 294 Å². The first kappa shape index (κ1) is 113. The van der Waals surface area contributed by atoms with Gasteiger partial charge in [-0.25, -0.2) is 24.0 Å². The fraction of sp³-hybridized carbons (Fsp3) is 0.647. The number of urea groups is 3. The average molecular weight is 1840 g/mol. The first-order chi connectivity index (χ1) is 60.0. The van der Waals surface area contributed by atoms with Gasteiger partial charge in [0.2, 0.25) is 47.3 Å². The number of aromatic amines is 1. The minimum atomic E-state index is -1.24. The molecule has 14 amide bonds. The second-order valence-electron chi connectivity index (χ2n) is 35.0. The van der Waals surface area contributed by atoms with E-state index < -0.39 is 197 Å². The molecule has 45 nitrogen and oxygen atoms in total. The van der Waals surface area contributed by atoms with Crippen LogP contribution in [0.15, 0.2) is 78.3 Å². The Morgan fingerprint density at radius 3 is 0.938 bits per heavy atom. The molecule has 4 saturated heterocycles. The first-order valence-corrected chi connectivity index (χ1v) is 42.5. The molecule has 0 saturated carbocycles. The number of aliphatic carboxylic acids is 2. The maximum Gasteiger partial charge on any atom is 0.328 e. The quantitative estimate of drug-likeness (QED) is 0.0345. The molecule has 4 aliphatic heterocycles. The molecule has 0 spiro atoms. The normalized spacial score (nSPS) is 25.0. The Bertz CT molecular complexity index is 4370. The molecule has 1 aromatic carbocycles. The summed E-state index contributed by atoms with van der Waals surface area (Å²) < 4.78 is 26.7. The predicted molar refractivity (Wildman–Crippen MR) is 477 cm³/mol. The van der Waals surface area contributed by atoms with Gasteiger partial charge >= 0.3 is 36.0 Å². The molecule has 1 aromatic heterocycles. The zero-order valence-electron chi connectivity index (χ0n) is 79.5. The number of benzene rings is 1. The summed E-state index contributed by atoms with van der Waals surface area (Å²) in [6.45, 7) is 29.2. The van der Waals surface area contributed by atoms with Crippen LogP contribution in [0.25, 0.3) is 10.9 Å². The number of hydrogen-bond donors (Lipinski definition) is 22. The third kappa shape index (κ3) is 35.1. The maximum atomic E-state index is 13.1. The zero-order chi connectivity index (χ0) is 99.4. The standard InChI is InChI=1S/C28H40N6O7.C21H37N5O7.C20H35N5O7.C16H30N4O4/c1-15(31-27(39)32-22(26(37)38)11-18-13-29-21-10-8-7-9-20(18)21)24(35)33-23(16(2)34(5)6)25(36)30-14-19-12-28(4,40)17(3)41-19;1-11(23-20(30)24-12(2)19(29)32-8)17(27)25-16(13(3)26(6)7)18(28)22-10-15-9-21(5,31)14(4)33-15;1-10(22-19(30)23-11(2)18(28)29)16(26)24-15(12(3)25(6)7)17(27)21-9-14-8-20(5,31)13(4)32-14;1-9(17)14(21)19-13(10(2)20(5)6)15(22)18-8-12-7-16(4,23)11(3)24-12/h7-10,13-17,22-23,29,40H,11-12H2,1-6H3,(H,30,36)(H,33,35)(H,37,38)(H2,31,32,39);10-14,16,31H,9H2,1-8H3,(H,22,28)(H,25,27)(H2,23,24,30);9-13,15,31H,8H2,1-7H3,(H,21,27)(H,24,26)(H,28,29)(H2,22,23,30);8-11,13,23H,7,17H2,1-6H3,(H,18,22)(H,19,21)/b19-14-;15-10-;14-9-;12-8-/t15?,16?,17-,22?,23?,28?;11?,12?,13?,14-,16?,21?;10?,11?,12?,13-,15?,20?;9?,10?,11-,13?,16?/m0000/s1. The molecule has 4 fully saturated rings. The van der Waals surface area contributed by atoms with E-state index in [-0.39, 0.29) is 49.8 Å². The van der Waals surface area contributed by atoms with Crippen molar-refractivity contribution in [3.63, 3.8) is 0 Å². The molecule has 6 rings (SSSR count). The molecule has 23 N–H and O–H groups in total. The highest BCUT2D eigenvalue weighted by Gasteiger charge is 2.44. The number of H-pyrrole nitrogens is 1. The van der Waals surface area contributed by atoms with Crippen LogP contribution in [-0.2, 0) is 82.8 Å². The summed E-state index contributed by atoms with van der Waals surface area (Å²) in [4.78, 5) is 182. The van der Waals surface area contributed by atoms with Crippen LogP contribution in [0.3, 0.4) is 0 Å². The van der Waals surface area contributed by atoms with Gasteiger partial charge < -0.3 is 159 Å². The van der Waals surface area contributed by atoms with Crippen molar-refractivity contribution in [3.8, 4) is 0 Å². The Balaban J connectivity index is 0.000000454. The summed E-state index contributed by atoms with van der Waals surface area (Å²) in [6.07, 6.45) is 6.66. The van der Waals surface area contributed by atoms with Crippen LogP contribution < -0.4 is 80.2 Å². The van der Waals surface area contributed by atoms with Gasteiger partial charge in [-0.15, -0.1) is 0 Å². The van der Waals surface area contributed by atoms with Crippen molar-refractivity contribution >= 4 is 94.2 Å². The first-order valence-electron chi connectivity index (χ1n) is 42.5. The number of nitrogens with two attached hydrogens (primary N) is 1. The highest BCUT2D eigenvalue weighted by molar-refractivity contribution is 5.96. The number of aliphatic hydroxyl groups is 4. The number of esters is 1. The molecular weight excluding hydrogens is 1700 g/mol. The number of carbonyl (C=O) groups excluding carboxylic acids is 12. The number of para-hydroxylation sites is 1. The molecule has 5 heterocycles. The Labute approximate surface area is 758 Å². The third-order valence-corrected chi connectivity index (χ3v) is 22.9. The molecule has 4 aliphatic rings. The van der Waals surface area contributed by atoms with Crippen LogP contribution in [0, 0.1) is 0 Å². The highest BCUT2D eigenvalue weighted by atomic mass is 16.5. The smallest absolute Gasteiger partial charge is 0.328 e. The number of likely N-dealkylation sites (N-methyl/N-ethyl adjacent to an activating group) is 4. The van der Waals surface area contributed by atoms with Crippen LogP contribution in [0.1, 0.15) is 156 Å². The van der Waals surface area contributed by atoms with Gasteiger partial charge in [-0.1, -0.05) is 18.2 Å². The van der Waals surface area contributed by atoms with E-state index >= 15 is 0 Å². The lowest BCUT2D eigenvalue weighted by molar-refractivity contribution is -0.142. The fourth-order valence-electron chi connectivity index (χ4n) is 12.3. The molecule has 0 bridgehead atoms. The van der Waals surface area contributed by atoms with E-state index in [0.29, 0.717) is 29.5 Å². The van der Waals surface area contributed by atoms with Crippen LogP contribution in [-0.4, -0.2) is 339 Å². The van der Waals surface area contributed by atoms with E-state index in [1.165, 1.54) is 66.5 Å². The Morgan fingerprint density at radius 1 is 0.415 bits per heavy atom. The van der Waals surface area contributed by atoms with Gasteiger partial charge in [0.05, 0.1) is 13.2 Å². The molecule has 19 unspecified atom stereocenters. The lowest BCUT2D eigenvalue weighted by Gasteiger charge is -2.29. The predicted octanol–water partition coefficient (Wildman–Crippen LogP) is -1.62. The topological polar surface area (TPSA) is 630 Å². The molecule has 2 aromatic rings. The number of nitrogens with zero attached hydrogens (tertiary/aromatic N) is 4. The maximum absolute atomic E-state index is 13.1. The van der Waals surface area contributed by atoms with Crippen LogP contribution in [0.5, 0.6) is 0 Å². The zero-order valence-corrected chi connectivity index (χ0v) is 79.5. The van der Waals surface area contributed by atoms with E-state index in [1.807, 2.05) is 50.2 Å². The van der Waals surface area contributed by atoms with Gasteiger partial charge in [-0.05, 0) is 193 Å².